The van der Waals surface area contributed by atoms with Gasteiger partial charge in [-0.2, -0.15) is 0 Å². The monoisotopic (exact) mass is 530 g/mol. The Balaban J connectivity index is 1.91. The Hall–Kier alpha value is -4.19. The average molecular weight is 531 g/mol. The predicted octanol–water partition coefficient (Wildman–Crippen LogP) is 8.19. The standard InChI is InChI=1S/C33H38O6/c1-7-10-11-16-28(27(9-3)37-26-21-19-25(35-5)20-22-26)39-33(34)31-23(4)14-12-17-29(31)38-32-24(8-2)15-13-18-30(32)36-6/h8-9,12-15,17-22,27-28H,2-3,7,10-11,16H2,1,4-6H3/t27-,28+/m1/s1. The van der Waals surface area contributed by atoms with Crippen LogP contribution in [-0.4, -0.2) is 32.4 Å². The van der Waals surface area contributed by atoms with E-state index in [0.29, 0.717) is 35.0 Å². The van der Waals surface area contributed by atoms with Crippen molar-refractivity contribution in [3.63, 3.8) is 0 Å². The number of ether oxygens (including phenoxy) is 5. The number of carbonyl (C=O) groups excluding carboxylic acids is 1. The highest BCUT2D eigenvalue weighted by Gasteiger charge is 2.28. The van der Waals surface area contributed by atoms with Gasteiger partial charge in [-0.15, -0.1) is 0 Å². The highest BCUT2D eigenvalue weighted by Crippen LogP contribution is 2.38. The summed E-state index contributed by atoms with van der Waals surface area (Å²) in [6.07, 6.45) is 5.82. The number of hydrogen-bond donors (Lipinski definition) is 0. The zero-order chi connectivity index (χ0) is 28.2. The van der Waals surface area contributed by atoms with E-state index < -0.39 is 18.2 Å². The Morgan fingerprint density at radius 3 is 2.23 bits per heavy atom. The molecule has 3 aromatic rings. The molecule has 0 fully saturated rings. The summed E-state index contributed by atoms with van der Waals surface area (Å²) in [5, 5.41) is 0. The van der Waals surface area contributed by atoms with Gasteiger partial charge >= 0.3 is 5.97 Å². The summed E-state index contributed by atoms with van der Waals surface area (Å²) in [5.74, 6) is 2.23. The van der Waals surface area contributed by atoms with Gasteiger partial charge in [0.2, 0.25) is 0 Å². The Kier molecular flexibility index (Phi) is 11.0. The molecule has 206 valence electrons. The first-order valence-corrected chi connectivity index (χ1v) is 13.2. The minimum Gasteiger partial charge on any atom is -0.497 e. The zero-order valence-corrected chi connectivity index (χ0v) is 23.3. The second-order valence-corrected chi connectivity index (χ2v) is 9.07. The highest BCUT2D eigenvalue weighted by molar-refractivity contribution is 5.94. The first-order chi connectivity index (χ1) is 18.9. The lowest BCUT2D eigenvalue weighted by molar-refractivity contribution is -0.00130. The van der Waals surface area contributed by atoms with Crippen molar-refractivity contribution in [2.45, 2.75) is 51.7 Å². The van der Waals surface area contributed by atoms with Crippen molar-refractivity contribution in [3.8, 4) is 28.7 Å². The molecule has 0 radical (unpaired) electrons. The van der Waals surface area contributed by atoms with Gasteiger partial charge in [0.05, 0.1) is 14.2 Å². The van der Waals surface area contributed by atoms with Crippen molar-refractivity contribution in [3.05, 3.63) is 96.6 Å². The van der Waals surface area contributed by atoms with Gasteiger partial charge in [-0.05, 0) is 67.8 Å². The molecule has 0 saturated heterocycles. The number of unbranched alkanes of at least 4 members (excludes halogenated alkanes) is 2. The molecule has 0 aromatic heterocycles. The quantitative estimate of drug-likeness (QED) is 0.112. The van der Waals surface area contributed by atoms with Gasteiger partial charge in [-0.1, -0.05) is 63.3 Å². The molecule has 0 aliphatic carbocycles. The van der Waals surface area contributed by atoms with Gasteiger partial charge in [-0.3, -0.25) is 0 Å². The molecule has 39 heavy (non-hydrogen) atoms. The molecular formula is C33H38O6. The van der Waals surface area contributed by atoms with Gasteiger partial charge in [0.1, 0.15) is 28.9 Å². The molecule has 0 saturated carbocycles. The summed E-state index contributed by atoms with van der Waals surface area (Å²) in [5.41, 5.74) is 1.81. The summed E-state index contributed by atoms with van der Waals surface area (Å²) in [6, 6.07) is 18.2. The third-order valence-electron chi connectivity index (χ3n) is 6.38. The van der Waals surface area contributed by atoms with Crippen molar-refractivity contribution < 1.29 is 28.5 Å². The van der Waals surface area contributed by atoms with E-state index in [2.05, 4.69) is 20.1 Å². The number of carbonyl (C=O) groups is 1. The van der Waals surface area contributed by atoms with Crippen LogP contribution in [0, 0.1) is 6.92 Å². The van der Waals surface area contributed by atoms with Crippen LogP contribution >= 0.6 is 0 Å². The lowest BCUT2D eigenvalue weighted by Gasteiger charge is -2.26. The fraction of sp³-hybridized carbons (Fsp3) is 0.303. The van der Waals surface area contributed by atoms with Gasteiger partial charge < -0.3 is 23.7 Å². The predicted molar refractivity (Wildman–Crippen MR) is 155 cm³/mol. The fourth-order valence-corrected chi connectivity index (χ4v) is 4.23. The van der Waals surface area contributed by atoms with Crippen LogP contribution in [0.25, 0.3) is 6.08 Å². The normalized spacial score (nSPS) is 12.1. The Labute approximate surface area is 231 Å². The maximum absolute atomic E-state index is 13.7. The first kappa shape index (κ1) is 29.4. The number of aryl methyl sites for hydroxylation is 1. The van der Waals surface area contributed by atoms with Crippen molar-refractivity contribution in [2.75, 3.05) is 14.2 Å². The molecule has 2 atom stereocenters. The highest BCUT2D eigenvalue weighted by atomic mass is 16.6. The Bertz CT molecular complexity index is 1250. The maximum Gasteiger partial charge on any atom is 0.342 e. The van der Waals surface area contributed by atoms with E-state index in [1.165, 1.54) is 0 Å². The number of rotatable bonds is 15. The third kappa shape index (κ3) is 7.66. The average Bonchev–Trinajstić information content (AvgIpc) is 2.96. The number of benzene rings is 3. The molecule has 0 aliphatic rings. The molecule has 3 rings (SSSR count). The van der Waals surface area contributed by atoms with E-state index in [9.17, 15) is 4.79 Å². The topological polar surface area (TPSA) is 63.2 Å². The number of para-hydroxylation sites is 1. The zero-order valence-electron chi connectivity index (χ0n) is 23.3. The number of esters is 1. The number of methoxy groups -OCH3 is 2. The Morgan fingerprint density at radius 1 is 0.897 bits per heavy atom. The van der Waals surface area contributed by atoms with Crippen LogP contribution in [0.2, 0.25) is 0 Å². The summed E-state index contributed by atoms with van der Waals surface area (Å²) in [4.78, 5) is 13.7. The first-order valence-electron chi connectivity index (χ1n) is 13.2. The van der Waals surface area contributed by atoms with Crippen LogP contribution in [0.5, 0.6) is 28.7 Å². The molecule has 0 aliphatic heterocycles. The van der Waals surface area contributed by atoms with Gasteiger partial charge in [0.25, 0.3) is 0 Å². The van der Waals surface area contributed by atoms with Crippen molar-refractivity contribution in [2.24, 2.45) is 0 Å². The van der Waals surface area contributed by atoms with E-state index in [4.69, 9.17) is 23.7 Å². The van der Waals surface area contributed by atoms with E-state index in [-0.39, 0.29) is 0 Å². The third-order valence-corrected chi connectivity index (χ3v) is 6.38. The van der Waals surface area contributed by atoms with Crippen molar-refractivity contribution >= 4 is 12.0 Å². The molecular weight excluding hydrogens is 492 g/mol. The summed E-state index contributed by atoms with van der Waals surface area (Å²) < 4.78 is 29.4. The molecule has 0 bridgehead atoms. The van der Waals surface area contributed by atoms with Crippen LogP contribution in [0.1, 0.15) is 54.1 Å². The smallest absolute Gasteiger partial charge is 0.342 e. The van der Waals surface area contributed by atoms with Crippen LogP contribution in [0.4, 0.5) is 0 Å². The second kappa shape index (κ2) is 14.7. The van der Waals surface area contributed by atoms with E-state index >= 15 is 0 Å². The SMILES string of the molecule is C=Cc1cccc(OC)c1Oc1cccc(C)c1C(=O)O[C@@H](CCCCC)[C@@H](C=C)Oc1ccc(OC)cc1. The van der Waals surface area contributed by atoms with Crippen molar-refractivity contribution in [1.29, 1.82) is 0 Å². The lowest BCUT2D eigenvalue weighted by Crippen LogP contribution is -2.34. The molecule has 0 heterocycles. The molecule has 6 nitrogen and oxygen atoms in total. The molecule has 3 aromatic carbocycles. The van der Waals surface area contributed by atoms with Gasteiger partial charge in [-0.25, -0.2) is 4.79 Å². The van der Waals surface area contributed by atoms with Crippen LogP contribution in [0.15, 0.2) is 79.9 Å². The number of hydrogen-bond acceptors (Lipinski definition) is 6. The second-order valence-electron chi connectivity index (χ2n) is 9.07. The largest absolute Gasteiger partial charge is 0.497 e. The molecule has 0 spiro atoms. The molecule has 0 unspecified atom stereocenters. The van der Waals surface area contributed by atoms with Crippen LogP contribution < -0.4 is 18.9 Å². The maximum atomic E-state index is 13.7. The van der Waals surface area contributed by atoms with Crippen molar-refractivity contribution in [1.82, 2.24) is 0 Å². The van der Waals surface area contributed by atoms with E-state index in [1.54, 1.807) is 38.5 Å². The minimum absolute atomic E-state index is 0.339. The van der Waals surface area contributed by atoms with Crippen LogP contribution in [-0.2, 0) is 4.74 Å². The molecule has 6 heteroatoms. The summed E-state index contributed by atoms with van der Waals surface area (Å²) >= 11 is 0. The molecule has 0 amide bonds. The Morgan fingerprint density at radius 2 is 1.59 bits per heavy atom. The minimum atomic E-state index is -0.550. The van der Waals surface area contributed by atoms with Crippen LogP contribution in [0.3, 0.4) is 0 Å². The lowest BCUT2D eigenvalue weighted by atomic mass is 10.0. The van der Waals surface area contributed by atoms with Gasteiger partial charge in [0, 0.05) is 5.56 Å². The van der Waals surface area contributed by atoms with E-state index in [1.807, 2.05) is 55.5 Å². The molecule has 0 N–H and O–H groups in total. The van der Waals surface area contributed by atoms with Gasteiger partial charge in [0.15, 0.2) is 17.6 Å². The summed E-state index contributed by atoms with van der Waals surface area (Å²) in [7, 11) is 3.18. The summed E-state index contributed by atoms with van der Waals surface area (Å²) in [6.45, 7) is 11.8. The van der Waals surface area contributed by atoms with E-state index in [0.717, 1.165) is 36.1 Å². The fourth-order valence-electron chi connectivity index (χ4n) is 4.23.